The van der Waals surface area contributed by atoms with Crippen molar-refractivity contribution < 1.29 is 27.2 Å². The van der Waals surface area contributed by atoms with E-state index in [1.54, 1.807) is 86.0 Å². The van der Waals surface area contributed by atoms with E-state index in [1.807, 2.05) is 6.92 Å². The quantitative estimate of drug-likeness (QED) is 0.134. The molecule has 0 bridgehead atoms. The molecule has 4 rings (SSSR count). The van der Waals surface area contributed by atoms with Crippen molar-refractivity contribution in [3.63, 3.8) is 0 Å². The van der Waals surface area contributed by atoms with Crippen molar-refractivity contribution in [1.29, 1.82) is 0 Å². The molecule has 224 valence electrons. The number of hydrogen-bond donors (Lipinski definition) is 2. The Bertz CT molecular complexity index is 1720. The van der Waals surface area contributed by atoms with Crippen molar-refractivity contribution in [1.82, 2.24) is 15.0 Å². The highest BCUT2D eigenvalue weighted by molar-refractivity contribution is 7.89. The Morgan fingerprint density at radius 3 is 2.28 bits per heavy atom. The van der Waals surface area contributed by atoms with Crippen molar-refractivity contribution >= 4 is 51.3 Å². The maximum Gasteiger partial charge on any atom is 0.329 e. The van der Waals surface area contributed by atoms with E-state index in [0.29, 0.717) is 27.1 Å². The van der Waals surface area contributed by atoms with Crippen LogP contribution in [0.5, 0.6) is 5.75 Å². The molecule has 43 heavy (non-hydrogen) atoms. The van der Waals surface area contributed by atoms with Gasteiger partial charge in [0.15, 0.2) is 0 Å². The average molecular weight is 644 g/mol. The number of nitrogens with zero attached hydrogens (tertiary/aromatic N) is 2. The first-order valence-electron chi connectivity index (χ1n) is 12.9. The number of ether oxygens (including phenoxy) is 1. The van der Waals surface area contributed by atoms with Crippen molar-refractivity contribution in [2.75, 3.05) is 7.11 Å². The Labute approximate surface area is 259 Å². The molecule has 1 aromatic heterocycles. The molecule has 0 unspecified atom stereocenters. The number of aryl methyl sites for hydroxylation is 1. The maximum atomic E-state index is 13.6. The zero-order valence-corrected chi connectivity index (χ0v) is 25.5. The van der Waals surface area contributed by atoms with Crippen LogP contribution in [0, 0.1) is 6.92 Å². The molecule has 0 saturated carbocycles. The number of hydrogen-bond acceptors (Lipinski definition) is 7. The number of rotatable bonds is 11. The number of amides is 2. The third kappa shape index (κ3) is 8.68. The van der Waals surface area contributed by atoms with Crippen molar-refractivity contribution in [2.24, 2.45) is 5.10 Å². The second-order valence-electron chi connectivity index (χ2n) is 9.37. The normalized spacial score (nSPS) is 11.6. The molecule has 0 spiro atoms. The fraction of sp³-hybridized carbons (Fsp3) is 0.167. The molecule has 10 nitrogen and oxygen atoms in total. The molecule has 4 aromatic rings. The van der Waals surface area contributed by atoms with Gasteiger partial charge in [0, 0.05) is 13.1 Å². The lowest BCUT2D eigenvalue weighted by molar-refractivity contribution is -0.139. The largest absolute Gasteiger partial charge is 0.497 e. The molecule has 0 fully saturated rings. The molecule has 1 heterocycles. The Balaban J connectivity index is 1.40. The zero-order valence-electron chi connectivity index (χ0n) is 23.2. The molecule has 0 aliphatic rings. The van der Waals surface area contributed by atoms with Crippen molar-refractivity contribution in [3.8, 4) is 5.75 Å². The third-order valence-electron chi connectivity index (χ3n) is 6.19. The van der Waals surface area contributed by atoms with Crippen molar-refractivity contribution in [2.45, 2.75) is 31.5 Å². The molecule has 0 aliphatic carbocycles. The van der Waals surface area contributed by atoms with Crippen LogP contribution in [0.1, 0.15) is 28.2 Å². The number of methoxy groups -OCH3 is 1. The Morgan fingerprint density at radius 1 is 0.907 bits per heavy atom. The predicted molar refractivity (Wildman–Crippen MR) is 163 cm³/mol. The lowest BCUT2D eigenvalue weighted by Crippen LogP contribution is -2.37. The minimum atomic E-state index is -3.94. The summed E-state index contributed by atoms with van der Waals surface area (Å²) in [5.74, 6) is -0.604. The number of carbonyl (C=O) groups is 2. The van der Waals surface area contributed by atoms with Crippen LogP contribution in [0.4, 0.5) is 0 Å². The van der Waals surface area contributed by atoms with Gasteiger partial charge in [0.1, 0.15) is 17.3 Å². The van der Waals surface area contributed by atoms with Crippen LogP contribution in [-0.2, 0) is 39.2 Å². The third-order valence-corrected chi connectivity index (χ3v) is 8.74. The molecule has 3 aromatic carbocycles. The van der Waals surface area contributed by atoms with Gasteiger partial charge in [-0.1, -0.05) is 59.1 Å². The second-order valence-corrected chi connectivity index (χ2v) is 12.1. The Morgan fingerprint density at radius 2 is 1.60 bits per heavy atom. The van der Waals surface area contributed by atoms with Gasteiger partial charge in [-0.25, -0.2) is 13.8 Å². The van der Waals surface area contributed by atoms with E-state index in [9.17, 15) is 18.0 Å². The SMILES string of the molecule is COc1ccc(CNC(=O)C(=O)N/N=C/c2ccc(CN(Cc3ccc(Cl)c(Cl)c3)S(=O)(=O)c3ccc(C)cc3)o2)cc1. The molecule has 13 heteroatoms. The summed E-state index contributed by atoms with van der Waals surface area (Å²) >= 11 is 12.2. The van der Waals surface area contributed by atoms with Gasteiger partial charge in [-0.2, -0.15) is 9.41 Å². The number of halogens is 2. The fourth-order valence-electron chi connectivity index (χ4n) is 3.86. The summed E-state index contributed by atoms with van der Waals surface area (Å²) in [6, 6.07) is 21.6. The minimum Gasteiger partial charge on any atom is -0.497 e. The van der Waals surface area contributed by atoms with Gasteiger partial charge in [-0.15, -0.1) is 0 Å². The summed E-state index contributed by atoms with van der Waals surface area (Å²) in [4.78, 5) is 24.3. The van der Waals surface area contributed by atoms with Gasteiger partial charge in [0.05, 0.1) is 34.8 Å². The number of furan rings is 1. The molecule has 0 saturated heterocycles. The van der Waals surface area contributed by atoms with E-state index in [1.165, 1.54) is 10.5 Å². The summed E-state index contributed by atoms with van der Waals surface area (Å²) in [6.45, 7) is 1.91. The minimum absolute atomic E-state index is 0.00108. The predicted octanol–water partition coefficient (Wildman–Crippen LogP) is 5.06. The Hall–Kier alpha value is -4.16. The molecule has 2 amide bonds. The molecule has 2 N–H and O–H groups in total. The van der Waals surface area contributed by atoms with E-state index >= 15 is 0 Å². The van der Waals surface area contributed by atoms with Gasteiger partial charge in [-0.3, -0.25) is 9.59 Å². The van der Waals surface area contributed by atoms with Crippen LogP contribution in [0.25, 0.3) is 0 Å². The first-order chi connectivity index (χ1) is 20.5. The van der Waals surface area contributed by atoms with Gasteiger partial charge >= 0.3 is 11.8 Å². The van der Waals surface area contributed by atoms with Crippen LogP contribution in [0.3, 0.4) is 0 Å². The lowest BCUT2D eigenvalue weighted by Gasteiger charge is -2.22. The zero-order chi connectivity index (χ0) is 31.0. The standard InChI is InChI=1S/C30H28Cl2N4O6S/c1-20-3-12-26(13-4-20)43(39,40)36(18-22-7-14-27(31)28(32)15-22)19-25-11-10-24(42-25)17-34-35-30(38)29(37)33-16-21-5-8-23(41-2)9-6-21/h3-15,17H,16,18-19H2,1-2H3,(H,33,37)(H,35,38)/b34-17+. The smallest absolute Gasteiger partial charge is 0.329 e. The number of carbonyl (C=O) groups excluding carboxylic acids is 2. The van der Waals surface area contributed by atoms with Crippen LogP contribution >= 0.6 is 23.2 Å². The van der Waals surface area contributed by atoms with Crippen LogP contribution < -0.4 is 15.5 Å². The fourth-order valence-corrected chi connectivity index (χ4v) is 5.58. The van der Waals surface area contributed by atoms with E-state index < -0.39 is 21.8 Å². The summed E-state index contributed by atoms with van der Waals surface area (Å²) < 4.78 is 39.3. The second kappa shape index (κ2) is 14.3. The van der Waals surface area contributed by atoms with E-state index in [-0.39, 0.29) is 30.3 Å². The number of sulfonamides is 1. The van der Waals surface area contributed by atoms with Crippen LogP contribution in [0.15, 0.2) is 93.3 Å². The summed E-state index contributed by atoms with van der Waals surface area (Å²) in [7, 11) is -2.39. The highest BCUT2D eigenvalue weighted by atomic mass is 35.5. The molecular weight excluding hydrogens is 615 g/mol. The van der Waals surface area contributed by atoms with Crippen LogP contribution in [0.2, 0.25) is 10.0 Å². The molecule has 0 aliphatic heterocycles. The summed E-state index contributed by atoms with van der Waals surface area (Å²) in [5, 5.41) is 6.93. The summed E-state index contributed by atoms with van der Waals surface area (Å²) in [5.41, 5.74) is 4.47. The first kappa shape index (κ1) is 31.8. The molecule has 0 atom stereocenters. The number of benzene rings is 3. The van der Waals surface area contributed by atoms with Gasteiger partial charge in [-0.05, 0) is 66.6 Å². The molecule has 0 radical (unpaired) electrons. The Kier molecular flexibility index (Phi) is 10.6. The maximum absolute atomic E-state index is 13.6. The lowest BCUT2D eigenvalue weighted by atomic mass is 10.2. The first-order valence-corrected chi connectivity index (χ1v) is 15.1. The highest BCUT2D eigenvalue weighted by Gasteiger charge is 2.26. The topological polar surface area (TPSA) is 130 Å². The van der Waals surface area contributed by atoms with Gasteiger partial charge in [0.2, 0.25) is 10.0 Å². The highest BCUT2D eigenvalue weighted by Crippen LogP contribution is 2.26. The summed E-state index contributed by atoms with van der Waals surface area (Å²) in [6.07, 6.45) is 1.20. The van der Waals surface area contributed by atoms with Crippen molar-refractivity contribution in [3.05, 3.63) is 117 Å². The van der Waals surface area contributed by atoms with Gasteiger partial charge < -0.3 is 14.5 Å². The number of nitrogens with one attached hydrogen (secondary N) is 2. The van der Waals surface area contributed by atoms with E-state index in [2.05, 4.69) is 15.8 Å². The monoisotopic (exact) mass is 642 g/mol. The van der Waals surface area contributed by atoms with E-state index in [0.717, 1.165) is 11.1 Å². The van der Waals surface area contributed by atoms with E-state index in [4.69, 9.17) is 32.4 Å². The number of hydrazone groups is 1. The van der Waals surface area contributed by atoms with Gasteiger partial charge in [0.25, 0.3) is 0 Å². The average Bonchev–Trinajstić information content (AvgIpc) is 3.45. The van der Waals surface area contributed by atoms with Crippen LogP contribution in [-0.4, -0.2) is 37.9 Å². The molecular formula is C30H28Cl2N4O6S.